The van der Waals surface area contributed by atoms with Gasteiger partial charge in [-0.2, -0.15) is 0 Å². The van der Waals surface area contributed by atoms with Gasteiger partial charge in [-0.05, 0) is 50.6 Å². The van der Waals surface area contributed by atoms with E-state index in [0.717, 1.165) is 32.3 Å². The fourth-order valence-corrected chi connectivity index (χ4v) is 3.70. The Bertz CT molecular complexity index is 948. The van der Waals surface area contributed by atoms with Crippen molar-refractivity contribution < 1.29 is 14.3 Å². The third-order valence-corrected chi connectivity index (χ3v) is 4.89. The molecule has 0 unspecified atom stereocenters. The Kier molecular flexibility index (Phi) is 5.58. The molecule has 0 radical (unpaired) electrons. The van der Waals surface area contributed by atoms with Gasteiger partial charge in [-0.1, -0.05) is 39.7 Å². The number of nitrogens with one attached hydrogen (secondary N) is 1. The molecule has 6 heteroatoms. The molecule has 0 aliphatic heterocycles. The number of aromatic amines is 1. The van der Waals surface area contributed by atoms with Crippen LogP contribution in [0.15, 0.2) is 40.9 Å². The van der Waals surface area contributed by atoms with Crippen LogP contribution in [-0.4, -0.2) is 23.7 Å². The van der Waals surface area contributed by atoms with E-state index in [1.807, 2.05) is 50.2 Å². The summed E-state index contributed by atoms with van der Waals surface area (Å²) in [5.41, 5.74) is 2.92. The van der Waals surface area contributed by atoms with Gasteiger partial charge in [0.1, 0.15) is 11.4 Å². The second-order valence-electron chi connectivity index (χ2n) is 6.07. The summed E-state index contributed by atoms with van der Waals surface area (Å²) in [6, 6.07) is 11.6. The van der Waals surface area contributed by atoms with Crippen molar-refractivity contribution in [2.45, 2.75) is 26.9 Å². The van der Waals surface area contributed by atoms with Crippen LogP contribution in [0.25, 0.3) is 22.0 Å². The van der Waals surface area contributed by atoms with E-state index in [1.54, 1.807) is 6.92 Å². The van der Waals surface area contributed by atoms with Gasteiger partial charge >= 0.3 is 5.97 Å². The quantitative estimate of drug-likeness (QED) is 0.483. The van der Waals surface area contributed by atoms with Gasteiger partial charge in [0.05, 0.1) is 17.7 Å². The number of carbonyl (C=O) groups is 1. The average Bonchev–Trinajstić information content (AvgIpc) is 2.93. The maximum atomic E-state index is 12.1. The van der Waals surface area contributed by atoms with Crippen molar-refractivity contribution in [2.24, 2.45) is 0 Å². The zero-order valence-electron chi connectivity index (χ0n) is 14.7. The SMILES string of the molecule is CCOC(=O)c1[nH]c2ccc(Br)c(-c3ccc(OC(C)C)cc3)c2c1Cl. The number of carbonyl (C=O) groups excluding carboxylic acids is 1. The fraction of sp³-hybridized carbons (Fsp3) is 0.250. The Morgan fingerprint density at radius 2 is 1.88 bits per heavy atom. The Morgan fingerprint density at radius 1 is 1.19 bits per heavy atom. The van der Waals surface area contributed by atoms with E-state index < -0.39 is 5.97 Å². The van der Waals surface area contributed by atoms with Crippen molar-refractivity contribution in [1.82, 2.24) is 4.98 Å². The second-order valence-corrected chi connectivity index (χ2v) is 7.30. The molecule has 0 spiro atoms. The van der Waals surface area contributed by atoms with Gasteiger partial charge in [-0.15, -0.1) is 0 Å². The van der Waals surface area contributed by atoms with Gasteiger partial charge < -0.3 is 14.5 Å². The van der Waals surface area contributed by atoms with Crippen LogP contribution >= 0.6 is 27.5 Å². The summed E-state index contributed by atoms with van der Waals surface area (Å²) in [4.78, 5) is 15.2. The van der Waals surface area contributed by atoms with Crippen LogP contribution in [0.2, 0.25) is 5.02 Å². The Morgan fingerprint density at radius 3 is 2.50 bits per heavy atom. The molecule has 1 heterocycles. The first-order valence-corrected chi connectivity index (χ1v) is 9.53. The topological polar surface area (TPSA) is 51.3 Å². The lowest BCUT2D eigenvalue weighted by molar-refractivity contribution is 0.0521. The van der Waals surface area contributed by atoms with Crippen LogP contribution in [0.5, 0.6) is 5.75 Å². The Labute approximate surface area is 165 Å². The summed E-state index contributed by atoms with van der Waals surface area (Å²) in [7, 11) is 0. The number of ether oxygens (including phenoxy) is 2. The lowest BCUT2D eigenvalue weighted by Gasteiger charge is -2.12. The number of esters is 1. The predicted octanol–water partition coefficient (Wildman–Crippen LogP) is 6.21. The second kappa shape index (κ2) is 7.72. The summed E-state index contributed by atoms with van der Waals surface area (Å²) >= 11 is 10.1. The third-order valence-electron chi connectivity index (χ3n) is 3.85. The van der Waals surface area contributed by atoms with Crippen molar-refractivity contribution in [3.8, 4) is 16.9 Å². The Hall–Kier alpha value is -1.98. The zero-order chi connectivity index (χ0) is 18.8. The van der Waals surface area contributed by atoms with Crippen molar-refractivity contribution >= 4 is 44.4 Å². The van der Waals surface area contributed by atoms with Crippen molar-refractivity contribution in [1.29, 1.82) is 0 Å². The molecule has 1 N–H and O–H groups in total. The van der Waals surface area contributed by atoms with Gasteiger partial charge in [0.25, 0.3) is 0 Å². The maximum absolute atomic E-state index is 12.1. The number of rotatable bonds is 5. The number of benzene rings is 2. The monoisotopic (exact) mass is 435 g/mol. The molecule has 3 rings (SSSR count). The molecule has 0 saturated carbocycles. The van der Waals surface area contributed by atoms with Crippen LogP contribution in [0.1, 0.15) is 31.3 Å². The molecule has 26 heavy (non-hydrogen) atoms. The predicted molar refractivity (Wildman–Crippen MR) is 108 cm³/mol. The first-order valence-electron chi connectivity index (χ1n) is 8.36. The number of hydrogen-bond acceptors (Lipinski definition) is 3. The van der Waals surface area contributed by atoms with Crippen LogP contribution in [0.4, 0.5) is 0 Å². The number of fused-ring (bicyclic) bond motifs is 1. The van der Waals surface area contributed by atoms with Crippen molar-refractivity contribution in [3.05, 3.63) is 51.6 Å². The smallest absolute Gasteiger partial charge is 0.356 e. The van der Waals surface area contributed by atoms with Crippen LogP contribution in [-0.2, 0) is 4.74 Å². The van der Waals surface area contributed by atoms with Gasteiger partial charge in [0.2, 0.25) is 0 Å². The van der Waals surface area contributed by atoms with E-state index in [-0.39, 0.29) is 11.8 Å². The molecule has 0 aliphatic rings. The molecule has 0 atom stereocenters. The van der Waals surface area contributed by atoms with Crippen LogP contribution < -0.4 is 4.74 Å². The highest BCUT2D eigenvalue weighted by Gasteiger charge is 2.21. The lowest BCUT2D eigenvalue weighted by atomic mass is 10.0. The molecular formula is C20H19BrClNO3. The number of H-pyrrole nitrogens is 1. The maximum Gasteiger partial charge on any atom is 0.356 e. The first kappa shape index (κ1) is 18.8. The Balaban J connectivity index is 2.13. The number of halogens is 2. The summed E-state index contributed by atoms with van der Waals surface area (Å²) < 4.78 is 11.7. The highest BCUT2D eigenvalue weighted by molar-refractivity contribution is 9.10. The average molecular weight is 437 g/mol. The minimum atomic E-state index is -0.462. The zero-order valence-corrected chi connectivity index (χ0v) is 17.1. The summed E-state index contributed by atoms with van der Waals surface area (Å²) in [6.45, 7) is 6.03. The molecule has 0 bridgehead atoms. The first-order chi connectivity index (χ1) is 12.4. The van der Waals surface area contributed by atoms with Crippen molar-refractivity contribution in [2.75, 3.05) is 6.61 Å². The lowest BCUT2D eigenvalue weighted by Crippen LogP contribution is -2.05. The van der Waals surface area contributed by atoms with Gasteiger partial charge in [0, 0.05) is 20.9 Å². The summed E-state index contributed by atoms with van der Waals surface area (Å²) in [5.74, 6) is 0.343. The molecule has 0 aliphatic carbocycles. The normalized spacial score (nSPS) is 11.2. The van der Waals surface area contributed by atoms with E-state index in [0.29, 0.717) is 11.6 Å². The summed E-state index contributed by atoms with van der Waals surface area (Å²) in [6.07, 6.45) is 0.113. The molecule has 0 amide bonds. The van der Waals surface area contributed by atoms with Crippen LogP contribution in [0.3, 0.4) is 0 Å². The molecule has 4 nitrogen and oxygen atoms in total. The van der Waals surface area contributed by atoms with E-state index in [9.17, 15) is 4.79 Å². The van der Waals surface area contributed by atoms with Crippen molar-refractivity contribution in [3.63, 3.8) is 0 Å². The van der Waals surface area contributed by atoms with E-state index in [2.05, 4.69) is 20.9 Å². The van der Waals surface area contributed by atoms with Crippen LogP contribution in [0, 0.1) is 0 Å². The van der Waals surface area contributed by atoms with E-state index in [4.69, 9.17) is 21.1 Å². The van der Waals surface area contributed by atoms with E-state index in [1.165, 1.54) is 0 Å². The molecular weight excluding hydrogens is 418 g/mol. The molecule has 0 saturated heterocycles. The van der Waals surface area contributed by atoms with E-state index >= 15 is 0 Å². The molecule has 136 valence electrons. The molecule has 1 aromatic heterocycles. The highest BCUT2D eigenvalue weighted by Crippen LogP contribution is 2.41. The highest BCUT2D eigenvalue weighted by atomic mass is 79.9. The van der Waals surface area contributed by atoms with Gasteiger partial charge in [0.15, 0.2) is 0 Å². The van der Waals surface area contributed by atoms with Gasteiger partial charge in [-0.3, -0.25) is 0 Å². The number of aromatic nitrogens is 1. The van der Waals surface area contributed by atoms with Gasteiger partial charge in [-0.25, -0.2) is 4.79 Å². The molecule has 3 aromatic rings. The largest absolute Gasteiger partial charge is 0.491 e. The minimum Gasteiger partial charge on any atom is -0.491 e. The fourth-order valence-electron chi connectivity index (χ4n) is 2.82. The standard InChI is InChI=1S/C20H19BrClNO3/c1-4-25-20(24)19-18(22)17-15(23-19)10-9-14(21)16(17)12-5-7-13(8-6-12)26-11(2)3/h5-11,23H,4H2,1-3H3. The number of hydrogen-bond donors (Lipinski definition) is 1. The summed E-state index contributed by atoms with van der Waals surface area (Å²) in [5, 5.41) is 1.14. The molecule has 0 fully saturated rings. The third kappa shape index (κ3) is 3.60. The molecule has 2 aromatic carbocycles. The minimum absolute atomic E-state index is 0.113.